The van der Waals surface area contributed by atoms with Crippen LogP contribution in [0, 0.1) is 11.6 Å². The van der Waals surface area contributed by atoms with Gasteiger partial charge in [-0.3, -0.25) is 0 Å². The van der Waals surface area contributed by atoms with E-state index in [2.05, 4.69) is 11.9 Å². The van der Waals surface area contributed by atoms with Crippen molar-refractivity contribution in [2.24, 2.45) is 0 Å². The van der Waals surface area contributed by atoms with Gasteiger partial charge in [-0.2, -0.15) is 0 Å². The van der Waals surface area contributed by atoms with Crippen LogP contribution in [-0.2, 0) is 13.0 Å². The summed E-state index contributed by atoms with van der Waals surface area (Å²) in [6.07, 6.45) is 5.28. The molecule has 1 aromatic heterocycles. The zero-order valence-electron chi connectivity index (χ0n) is 9.66. The SMILES string of the molecule is CCCc1nccn1Cc1cccc(F)c1F. The first kappa shape index (κ1) is 11.8. The van der Waals surface area contributed by atoms with E-state index in [9.17, 15) is 8.78 Å². The Morgan fingerprint density at radius 2 is 2.12 bits per heavy atom. The maximum Gasteiger partial charge on any atom is 0.163 e. The molecule has 0 bridgehead atoms. The van der Waals surface area contributed by atoms with Gasteiger partial charge in [0.25, 0.3) is 0 Å². The van der Waals surface area contributed by atoms with Crippen LogP contribution in [0.25, 0.3) is 0 Å². The summed E-state index contributed by atoms with van der Waals surface area (Å²) in [7, 11) is 0. The monoisotopic (exact) mass is 236 g/mol. The van der Waals surface area contributed by atoms with Crippen LogP contribution in [0.4, 0.5) is 8.78 Å². The fraction of sp³-hybridized carbons (Fsp3) is 0.308. The van der Waals surface area contributed by atoms with Gasteiger partial charge >= 0.3 is 0 Å². The van der Waals surface area contributed by atoms with E-state index < -0.39 is 11.6 Å². The Bertz CT molecular complexity index is 506. The Hall–Kier alpha value is -1.71. The van der Waals surface area contributed by atoms with Crippen LogP contribution < -0.4 is 0 Å². The van der Waals surface area contributed by atoms with Crippen molar-refractivity contribution in [3.63, 3.8) is 0 Å². The summed E-state index contributed by atoms with van der Waals surface area (Å²) in [5, 5.41) is 0. The number of imidazole rings is 1. The van der Waals surface area contributed by atoms with Crippen molar-refractivity contribution < 1.29 is 8.78 Å². The van der Waals surface area contributed by atoms with Gasteiger partial charge in [0.1, 0.15) is 5.82 Å². The van der Waals surface area contributed by atoms with Gasteiger partial charge in [0.15, 0.2) is 11.6 Å². The minimum absolute atomic E-state index is 0.318. The van der Waals surface area contributed by atoms with Gasteiger partial charge in [0.05, 0.1) is 6.54 Å². The molecular formula is C13H14F2N2. The topological polar surface area (TPSA) is 17.8 Å². The molecule has 2 aromatic rings. The van der Waals surface area contributed by atoms with Crippen LogP contribution in [0.15, 0.2) is 30.6 Å². The summed E-state index contributed by atoms with van der Waals surface area (Å²) in [6.45, 7) is 2.38. The van der Waals surface area contributed by atoms with Crippen LogP contribution in [0.3, 0.4) is 0 Å². The number of rotatable bonds is 4. The summed E-state index contributed by atoms with van der Waals surface area (Å²) in [5.74, 6) is -0.681. The molecule has 17 heavy (non-hydrogen) atoms. The Morgan fingerprint density at radius 1 is 1.29 bits per heavy atom. The van der Waals surface area contributed by atoms with Crippen molar-refractivity contribution in [2.75, 3.05) is 0 Å². The van der Waals surface area contributed by atoms with Crippen LogP contribution in [0.5, 0.6) is 0 Å². The third-order valence-electron chi connectivity index (χ3n) is 2.65. The van der Waals surface area contributed by atoms with Gasteiger partial charge < -0.3 is 4.57 Å². The first-order valence-electron chi connectivity index (χ1n) is 5.65. The average Bonchev–Trinajstić information content (AvgIpc) is 2.73. The molecule has 4 heteroatoms. The Kier molecular flexibility index (Phi) is 3.52. The summed E-state index contributed by atoms with van der Waals surface area (Å²) in [5.41, 5.74) is 0.348. The van der Waals surface area contributed by atoms with Gasteiger partial charge in [-0.05, 0) is 12.5 Å². The molecule has 2 nitrogen and oxygen atoms in total. The summed E-state index contributed by atoms with van der Waals surface area (Å²) in [6, 6.07) is 4.23. The van der Waals surface area contributed by atoms with Gasteiger partial charge in [-0.25, -0.2) is 13.8 Å². The molecule has 2 rings (SSSR count). The fourth-order valence-corrected chi connectivity index (χ4v) is 1.79. The number of nitrogens with zero attached hydrogens (tertiary/aromatic N) is 2. The molecular weight excluding hydrogens is 222 g/mol. The average molecular weight is 236 g/mol. The molecule has 0 radical (unpaired) electrons. The number of aromatic nitrogens is 2. The molecule has 1 heterocycles. The Balaban J connectivity index is 2.25. The highest BCUT2D eigenvalue weighted by atomic mass is 19.2. The highest BCUT2D eigenvalue weighted by molar-refractivity contribution is 5.19. The van der Waals surface area contributed by atoms with Crippen molar-refractivity contribution >= 4 is 0 Å². The maximum absolute atomic E-state index is 13.5. The lowest BCUT2D eigenvalue weighted by atomic mass is 10.2. The van der Waals surface area contributed by atoms with Crippen molar-refractivity contribution in [2.45, 2.75) is 26.3 Å². The fourth-order valence-electron chi connectivity index (χ4n) is 1.79. The summed E-state index contributed by atoms with van der Waals surface area (Å²) in [4.78, 5) is 4.20. The van der Waals surface area contributed by atoms with E-state index >= 15 is 0 Å². The minimum atomic E-state index is -0.806. The predicted octanol–water partition coefficient (Wildman–Crippen LogP) is 3.16. The second-order valence-electron chi connectivity index (χ2n) is 3.93. The molecule has 90 valence electrons. The zero-order chi connectivity index (χ0) is 12.3. The van der Waals surface area contributed by atoms with Gasteiger partial charge in [-0.1, -0.05) is 19.1 Å². The summed E-state index contributed by atoms with van der Waals surface area (Å²) < 4.78 is 28.4. The molecule has 0 saturated heterocycles. The second kappa shape index (κ2) is 5.08. The van der Waals surface area contributed by atoms with Crippen LogP contribution >= 0.6 is 0 Å². The predicted molar refractivity (Wildman–Crippen MR) is 61.7 cm³/mol. The van der Waals surface area contributed by atoms with E-state index in [1.54, 1.807) is 18.5 Å². The molecule has 0 amide bonds. The molecule has 1 aromatic carbocycles. The van der Waals surface area contributed by atoms with E-state index in [-0.39, 0.29) is 0 Å². The van der Waals surface area contributed by atoms with E-state index in [0.29, 0.717) is 12.1 Å². The molecule has 0 saturated carbocycles. The lowest BCUT2D eigenvalue weighted by Crippen LogP contribution is -2.06. The third-order valence-corrected chi connectivity index (χ3v) is 2.65. The highest BCUT2D eigenvalue weighted by Gasteiger charge is 2.09. The third kappa shape index (κ3) is 2.52. The lowest BCUT2D eigenvalue weighted by Gasteiger charge is -2.08. The number of aryl methyl sites for hydroxylation is 1. The molecule has 0 fully saturated rings. The molecule has 0 spiro atoms. The normalized spacial score (nSPS) is 10.8. The Labute approximate surface area is 98.9 Å². The van der Waals surface area contributed by atoms with E-state index in [1.165, 1.54) is 6.07 Å². The summed E-state index contributed by atoms with van der Waals surface area (Å²) >= 11 is 0. The maximum atomic E-state index is 13.5. The Morgan fingerprint density at radius 3 is 2.88 bits per heavy atom. The minimum Gasteiger partial charge on any atom is -0.330 e. The van der Waals surface area contributed by atoms with Crippen molar-refractivity contribution in [1.29, 1.82) is 0 Å². The first-order chi connectivity index (χ1) is 8.22. The largest absolute Gasteiger partial charge is 0.330 e. The number of benzene rings is 1. The van der Waals surface area contributed by atoms with Crippen LogP contribution in [0.1, 0.15) is 24.7 Å². The van der Waals surface area contributed by atoms with Gasteiger partial charge in [0.2, 0.25) is 0 Å². The zero-order valence-corrected chi connectivity index (χ0v) is 9.66. The number of hydrogen-bond donors (Lipinski definition) is 0. The van der Waals surface area contributed by atoms with E-state index in [0.717, 1.165) is 24.7 Å². The smallest absolute Gasteiger partial charge is 0.163 e. The molecule has 0 atom stereocenters. The van der Waals surface area contributed by atoms with Crippen molar-refractivity contribution in [1.82, 2.24) is 9.55 Å². The molecule has 0 N–H and O–H groups in total. The van der Waals surface area contributed by atoms with E-state index in [1.807, 2.05) is 4.57 Å². The number of halogens is 2. The molecule has 0 unspecified atom stereocenters. The molecule has 0 aliphatic heterocycles. The first-order valence-corrected chi connectivity index (χ1v) is 5.65. The number of hydrogen-bond acceptors (Lipinski definition) is 1. The highest BCUT2D eigenvalue weighted by Crippen LogP contribution is 2.14. The van der Waals surface area contributed by atoms with Crippen molar-refractivity contribution in [3.8, 4) is 0 Å². The van der Waals surface area contributed by atoms with Crippen LogP contribution in [-0.4, -0.2) is 9.55 Å². The second-order valence-corrected chi connectivity index (χ2v) is 3.93. The molecule has 0 aliphatic rings. The van der Waals surface area contributed by atoms with Gasteiger partial charge in [-0.15, -0.1) is 0 Å². The van der Waals surface area contributed by atoms with Crippen molar-refractivity contribution in [3.05, 3.63) is 53.6 Å². The quantitative estimate of drug-likeness (QED) is 0.797. The van der Waals surface area contributed by atoms with E-state index in [4.69, 9.17) is 0 Å². The lowest BCUT2D eigenvalue weighted by molar-refractivity contribution is 0.494. The standard InChI is InChI=1S/C13H14F2N2/c1-2-4-12-16-7-8-17(12)9-10-5-3-6-11(14)13(10)15/h3,5-8H,2,4,9H2,1H3. The molecule has 0 aliphatic carbocycles. The van der Waals surface area contributed by atoms with Gasteiger partial charge in [0, 0.05) is 24.4 Å². The van der Waals surface area contributed by atoms with Crippen LogP contribution in [0.2, 0.25) is 0 Å².